The van der Waals surface area contributed by atoms with Gasteiger partial charge in [-0.25, -0.2) is 4.98 Å². The Labute approximate surface area is 232 Å². The third-order valence-electron chi connectivity index (χ3n) is 6.57. The Kier molecular flexibility index (Phi) is 5.86. The average molecular weight is 543 g/mol. The number of anilines is 1. The fourth-order valence-corrected chi connectivity index (χ4v) is 5.54. The van der Waals surface area contributed by atoms with Gasteiger partial charge < -0.3 is 10.3 Å². The molecule has 7 aromatic rings. The van der Waals surface area contributed by atoms with Crippen LogP contribution < -0.4 is 5.32 Å². The number of fused-ring (bicyclic) bond motifs is 2. The van der Waals surface area contributed by atoms with Gasteiger partial charge in [0.2, 0.25) is 5.91 Å². The molecule has 0 aliphatic heterocycles. The summed E-state index contributed by atoms with van der Waals surface area (Å²) in [6.45, 7) is 2.08. The number of hydrogen-bond donors (Lipinski definition) is 3. The number of nitrogens with zero attached hydrogens (tertiary/aromatic N) is 5. The number of amides is 1. The molecule has 6 heterocycles. The number of aryl methyl sites for hydroxylation is 1. The molecule has 1 amide bonds. The molecule has 0 radical (unpaired) electrons. The first kappa shape index (κ1) is 23.9. The van der Waals surface area contributed by atoms with Crippen molar-refractivity contribution in [3.63, 3.8) is 0 Å². The van der Waals surface area contributed by atoms with E-state index in [1.165, 1.54) is 4.88 Å². The number of aromatic amines is 2. The molecular weight excluding hydrogens is 520 g/mol. The number of hydrogen-bond acceptors (Lipinski definition) is 7. The number of carbonyl (C=O) groups excluding carboxylic acids is 1. The molecule has 0 aliphatic carbocycles. The Morgan fingerprint density at radius 1 is 0.950 bits per heavy atom. The number of benzene rings is 1. The summed E-state index contributed by atoms with van der Waals surface area (Å²) in [4.78, 5) is 36.7. The van der Waals surface area contributed by atoms with Gasteiger partial charge >= 0.3 is 0 Å². The van der Waals surface area contributed by atoms with Gasteiger partial charge in [-0.15, -0.1) is 11.3 Å². The van der Waals surface area contributed by atoms with Crippen molar-refractivity contribution in [2.24, 2.45) is 0 Å². The molecule has 0 atom stereocenters. The van der Waals surface area contributed by atoms with Crippen LogP contribution in [0.4, 0.5) is 5.69 Å². The van der Waals surface area contributed by atoms with Crippen LogP contribution in [-0.4, -0.2) is 41.0 Å². The lowest BCUT2D eigenvalue weighted by Gasteiger charge is -2.07. The third-order valence-corrected chi connectivity index (χ3v) is 7.58. The summed E-state index contributed by atoms with van der Waals surface area (Å²) in [7, 11) is 0. The predicted octanol–water partition coefficient (Wildman–Crippen LogP) is 6.18. The molecule has 0 saturated carbocycles. The zero-order valence-electron chi connectivity index (χ0n) is 21.3. The zero-order chi connectivity index (χ0) is 27.1. The quantitative estimate of drug-likeness (QED) is 0.231. The van der Waals surface area contributed by atoms with E-state index in [1.807, 2.05) is 48.5 Å². The Morgan fingerprint density at radius 2 is 1.85 bits per heavy atom. The number of rotatable bonds is 6. The number of pyridine rings is 3. The zero-order valence-corrected chi connectivity index (χ0v) is 22.2. The van der Waals surface area contributed by atoms with Crippen LogP contribution >= 0.6 is 11.3 Å². The Morgan fingerprint density at radius 3 is 2.70 bits per heavy atom. The summed E-state index contributed by atoms with van der Waals surface area (Å²) in [6, 6.07) is 19.5. The Balaban J connectivity index is 1.21. The first-order valence-electron chi connectivity index (χ1n) is 12.7. The van der Waals surface area contributed by atoms with Crippen LogP contribution in [0.3, 0.4) is 0 Å². The van der Waals surface area contributed by atoms with Gasteiger partial charge in [-0.3, -0.25) is 24.8 Å². The van der Waals surface area contributed by atoms with Crippen LogP contribution in [0.2, 0.25) is 0 Å². The lowest BCUT2D eigenvalue weighted by molar-refractivity contribution is -0.115. The van der Waals surface area contributed by atoms with E-state index in [0.717, 1.165) is 43.6 Å². The van der Waals surface area contributed by atoms with Crippen molar-refractivity contribution >= 4 is 44.9 Å². The van der Waals surface area contributed by atoms with Gasteiger partial charge in [-0.1, -0.05) is 30.3 Å². The minimum Gasteiger partial charge on any atom is -0.336 e. The van der Waals surface area contributed by atoms with Crippen molar-refractivity contribution < 1.29 is 4.79 Å². The number of thiophene rings is 1. The highest BCUT2D eigenvalue weighted by molar-refractivity contribution is 7.15. The summed E-state index contributed by atoms with van der Waals surface area (Å²) in [5, 5.41) is 11.4. The highest BCUT2D eigenvalue weighted by Gasteiger charge is 2.17. The second-order valence-electron chi connectivity index (χ2n) is 9.41. The van der Waals surface area contributed by atoms with Gasteiger partial charge in [0.25, 0.3) is 0 Å². The highest BCUT2D eigenvalue weighted by atomic mass is 32.1. The molecule has 0 bridgehead atoms. The molecule has 0 fully saturated rings. The highest BCUT2D eigenvalue weighted by Crippen LogP contribution is 2.34. The second-order valence-corrected chi connectivity index (χ2v) is 10.7. The topological polar surface area (TPSA) is 125 Å². The fraction of sp³-hybridized carbons (Fsp3) is 0.0667. The molecule has 3 N–H and O–H groups in total. The third kappa shape index (κ3) is 4.50. The summed E-state index contributed by atoms with van der Waals surface area (Å²) in [5.41, 5.74) is 7.03. The van der Waals surface area contributed by atoms with E-state index < -0.39 is 0 Å². The molecule has 0 unspecified atom stereocenters. The number of imidazole rings is 1. The largest absolute Gasteiger partial charge is 0.336 e. The lowest BCUT2D eigenvalue weighted by Crippen LogP contribution is -2.14. The van der Waals surface area contributed by atoms with Crippen molar-refractivity contribution in [1.82, 2.24) is 35.1 Å². The Hall–Kier alpha value is -5.22. The van der Waals surface area contributed by atoms with Gasteiger partial charge in [0.1, 0.15) is 16.9 Å². The van der Waals surface area contributed by atoms with Crippen LogP contribution in [0.1, 0.15) is 10.4 Å². The lowest BCUT2D eigenvalue weighted by atomic mass is 10.1. The van der Waals surface area contributed by atoms with Gasteiger partial charge in [0.05, 0.1) is 46.1 Å². The predicted molar refractivity (Wildman–Crippen MR) is 157 cm³/mol. The summed E-state index contributed by atoms with van der Waals surface area (Å²) < 4.78 is 0. The summed E-state index contributed by atoms with van der Waals surface area (Å²) >= 11 is 1.69. The van der Waals surface area contributed by atoms with Crippen molar-refractivity contribution in [3.05, 3.63) is 95.9 Å². The molecule has 194 valence electrons. The molecule has 0 saturated heterocycles. The smallest absolute Gasteiger partial charge is 0.228 e. The SMILES string of the molecule is Cc1ccc(-c2nccc3[nH]c(-c4n[nH]c5cnc(-c6cncc(NC(=O)Cc7ccccc7)c6)cc45)nc23)s1. The second kappa shape index (κ2) is 9.83. The molecular formula is C30H22N8OS. The maximum absolute atomic E-state index is 12.6. The number of H-pyrrole nitrogens is 2. The van der Waals surface area contributed by atoms with Gasteiger partial charge in [0, 0.05) is 28.2 Å². The van der Waals surface area contributed by atoms with Crippen LogP contribution in [-0.2, 0) is 11.2 Å². The molecule has 0 spiro atoms. The van der Waals surface area contributed by atoms with Crippen molar-refractivity contribution in [3.8, 4) is 33.3 Å². The molecule has 1 aromatic carbocycles. The van der Waals surface area contributed by atoms with E-state index in [4.69, 9.17) is 4.98 Å². The Bertz CT molecular complexity index is 2010. The minimum atomic E-state index is -0.109. The van der Waals surface area contributed by atoms with E-state index in [1.54, 1.807) is 36.1 Å². The summed E-state index contributed by atoms with van der Waals surface area (Å²) in [6.07, 6.45) is 7.17. The van der Waals surface area contributed by atoms with E-state index in [2.05, 4.69) is 54.5 Å². The van der Waals surface area contributed by atoms with Crippen LogP contribution in [0.25, 0.3) is 55.3 Å². The number of aromatic nitrogens is 7. The van der Waals surface area contributed by atoms with E-state index in [9.17, 15) is 4.79 Å². The normalized spacial score (nSPS) is 11.3. The monoisotopic (exact) mass is 542 g/mol. The average Bonchev–Trinajstić information content (AvgIpc) is 3.71. The first-order valence-corrected chi connectivity index (χ1v) is 13.5. The fourth-order valence-electron chi connectivity index (χ4n) is 4.68. The van der Waals surface area contributed by atoms with E-state index in [0.29, 0.717) is 22.9 Å². The number of carbonyl (C=O) groups is 1. The van der Waals surface area contributed by atoms with Crippen LogP contribution in [0.5, 0.6) is 0 Å². The molecule has 9 nitrogen and oxygen atoms in total. The first-order chi connectivity index (χ1) is 19.6. The molecule has 40 heavy (non-hydrogen) atoms. The molecule has 6 aromatic heterocycles. The standard InChI is InChI=1S/C30H22N8OS/c1-17-7-8-25(40-17)29-28-22(9-10-32-29)35-30(36-28)27-21-13-23(33-16-24(21)37-38-27)19-12-20(15-31-14-19)34-26(39)11-18-5-3-2-4-6-18/h2-10,12-16H,11H2,1H3,(H,34,39)(H,35,36)(H,37,38). The molecule has 7 rings (SSSR count). The van der Waals surface area contributed by atoms with Crippen LogP contribution in [0, 0.1) is 6.92 Å². The van der Waals surface area contributed by atoms with Gasteiger partial charge in [0.15, 0.2) is 5.82 Å². The summed E-state index contributed by atoms with van der Waals surface area (Å²) in [5.74, 6) is 0.531. The molecule has 10 heteroatoms. The minimum absolute atomic E-state index is 0.109. The number of nitrogens with one attached hydrogen (secondary N) is 3. The molecule has 0 aliphatic rings. The van der Waals surface area contributed by atoms with E-state index >= 15 is 0 Å². The van der Waals surface area contributed by atoms with Crippen LogP contribution in [0.15, 0.2) is 85.5 Å². The van der Waals surface area contributed by atoms with Crippen molar-refractivity contribution in [2.75, 3.05) is 5.32 Å². The van der Waals surface area contributed by atoms with Crippen molar-refractivity contribution in [2.45, 2.75) is 13.3 Å². The maximum Gasteiger partial charge on any atom is 0.228 e. The van der Waals surface area contributed by atoms with Crippen molar-refractivity contribution in [1.29, 1.82) is 0 Å². The van der Waals surface area contributed by atoms with Gasteiger partial charge in [-0.2, -0.15) is 5.10 Å². The van der Waals surface area contributed by atoms with Gasteiger partial charge in [-0.05, 0) is 42.8 Å². The van der Waals surface area contributed by atoms with E-state index in [-0.39, 0.29) is 12.3 Å². The maximum atomic E-state index is 12.6.